The first-order chi connectivity index (χ1) is 6.86. The van der Waals surface area contributed by atoms with Gasteiger partial charge in [0.15, 0.2) is 0 Å². The standard InChI is InChI=1S/C12H17NO/c13-12-5-3-11(4-6-12)10-2-1-8-14-9-7-10/h3-6,10H,1-2,7-9,13H2. The molecular weight excluding hydrogens is 174 g/mol. The number of hydrogen-bond acceptors (Lipinski definition) is 2. The van der Waals surface area contributed by atoms with Crippen molar-refractivity contribution in [3.8, 4) is 0 Å². The summed E-state index contributed by atoms with van der Waals surface area (Å²) in [5.41, 5.74) is 7.92. The molecule has 1 aliphatic rings. The third-order valence-corrected chi connectivity index (χ3v) is 2.86. The van der Waals surface area contributed by atoms with Gasteiger partial charge in [-0.1, -0.05) is 12.1 Å². The van der Waals surface area contributed by atoms with E-state index in [4.69, 9.17) is 10.5 Å². The lowest BCUT2D eigenvalue weighted by molar-refractivity contribution is 0.143. The molecule has 2 N–H and O–H groups in total. The molecule has 1 heterocycles. The van der Waals surface area contributed by atoms with E-state index in [2.05, 4.69) is 12.1 Å². The van der Waals surface area contributed by atoms with Crippen LogP contribution in [0.1, 0.15) is 30.7 Å². The van der Waals surface area contributed by atoms with Crippen LogP contribution in [0.15, 0.2) is 24.3 Å². The number of anilines is 1. The molecule has 1 fully saturated rings. The summed E-state index contributed by atoms with van der Waals surface area (Å²) in [6.45, 7) is 1.82. The highest BCUT2D eigenvalue weighted by atomic mass is 16.5. The Balaban J connectivity index is 2.08. The highest BCUT2D eigenvalue weighted by Gasteiger charge is 2.13. The fraction of sp³-hybridized carbons (Fsp3) is 0.500. The number of hydrogen-bond donors (Lipinski definition) is 1. The summed E-state index contributed by atoms with van der Waals surface area (Å²) < 4.78 is 5.45. The molecule has 0 saturated carbocycles. The second-order valence-corrected chi connectivity index (χ2v) is 3.91. The van der Waals surface area contributed by atoms with E-state index in [1.54, 1.807) is 0 Å². The summed E-state index contributed by atoms with van der Waals surface area (Å²) in [5.74, 6) is 0.665. The minimum atomic E-state index is 0.665. The van der Waals surface area contributed by atoms with Crippen molar-refractivity contribution in [1.29, 1.82) is 0 Å². The zero-order chi connectivity index (χ0) is 9.80. The zero-order valence-corrected chi connectivity index (χ0v) is 8.41. The number of nitrogens with two attached hydrogens (primary N) is 1. The lowest BCUT2D eigenvalue weighted by Crippen LogP contribution is -1.99. The molecule has 1 unspecified atom stereocenters. The van der Waals surface area contributed by atoms with Gasteiger partial charge in [0.25, 0.3) is 0 Å². The average Bonchev–Trinajstić information content (AvgIpc) is 2.47. The number of nitrogen functional groups attached to an aromatic ring is 1. The second-order valence-electron chi connectivity index (χ2n) is 3.91. The molecule has 14 heavy (non-hydrogen) atoms. The van der Waals surface area contributed by atoms with E-state index in [1.807, 2.05) is 12.1 Å². The van der Waals surface area contributed by atoms with Crippen molar-refractivity contribution in [3.63, 3.8) is 0 Å². The van der Waals surface area contributed by atoms with Crippen LogP contribution in [0, 0.1) is 0 Å². The minimum absolute atomic E-state index is 0.665. The average molecular weight is 191 g/mol. The maximum absolute atomic E-state index is 5.66. The molecule has 1 aromatic carbocycles. The Morgan fingerprint density at radius 2 is 1.86 bits per heavy atom. The molecule has 1 atom stereocenters. The monoisotopic (exact) mass is 191 g/mol. The van der Waals surface area contributed by atoms with Crippen LogP contribution in [-0.4, -0.2) is 13.2 Å². The van der Waals surface area contributed by atoms with Gasteiger partial charge in [0, 0.05) is 18.9 Å². The molecule has 2 nitrogen and oxygen atoms in total. The first kappa shape index (κ1) is 9.53. The maximum atomic E-state index is 5.66. The fourth-order valence-electron chi connectivity index (χ4n) is 2.01. The van der Waals surface area contributed by atoms with Crippen LogP contribution in [-0.2, 0) is 4.74 Å². The SMILES string of the molecule is Nc1ccc(C2CCCOCC2)cc1. The third kappa shape index (κ3) is 2.26. The molecule has 76 valence electrons. The van der Waals surface area contributed by atoms with Crippen LogP contribution in [0.25, 0.3) is 0 Å². The quantitative estimate of drug-likeness (QED) is 0.692. The van der Waals surface area contributed by atoms with Crippen molar-refractivity contribution in [2.24, 2.45) is 0 Å². The smallest absolute Gasteiger partial charge is 0.0471 e. The van der Waals surface area contributed by atoms with Crippen LogP contribution < -0.4 is 5.73 Å². The van der Waals surface area contributed by atoms with E-state index in [9.17, 15) is 0 Å². The Bertz CT molecular complexity index is 273. The zero-order valence-electron chi connectivity index (χ0n) is 8.41. The summed E-state index contributed by atoms with van der Waals surface area (Å²) in [4.78, 5) is 0. The summed E-state index contributed by atoms with van der Waals surface area (Å²) in [5, 5.41) is 0. The highest BCUT2D eigenvalue weighted by molar-refractivity contribution is 5.40. The van der Waals surface area contributed by atoms with Gasteiger partial charge in [0.2, 0.25) is 0 Å². The van der Waals surface area contributed by atoms with E-state index in [1.165, 1.54) is 18.4 Å². The predicted octanol–water partition coefficient (Wildman–Crippen LogP) is 2.55. The van der Waals surface area contributed by atoms with Gasteiger partial charge >= 0.3 is 0 Å². The Labute approximate surface area is 85.1 Å². The number of ether oxygens (including phenoxy) is 1. The fourth-order valence-corrected chi connectivity index (χ4v) is 2.01. The van der Waals surface area contributed by atoms with E-state index in [0.29, 0.717) is 5.92 Å². The predicted molar refractivity (Wildman–Crippen MR) is 58.3 cm³/mol. The maximum Gasteiger partial charge on any atom is 0.0471 e. The number of rotatable bonds is 1. The van der Waals surface area contributed by atoms with Crippen LogP contribution in [0.3, 0.4) is 0 Å². The Hall–Kier alpha value is -1.02. The molecular formula is C12H17NO. The van der Waals surface area contributed by atoms with E-state index >= 15 is 0 Å². The van der Waals surface area contributed by atoms with Crippen molar-refractivity contribution in [3.05, 3.63) is 29.8 Å². The molecule has 0 aliphatic carbocycles. The van der Waals surface area contributed by atoms with Crippen molar-refractivity contribution in [2.75, 3.05) is 18.9 Å². The summed E-state index contributed by atoms with van der Waals surface area (Å²) >= 11 is 0. The lowest BCUT2D eigenvalue weighted by Gasteiger charge is -2.13. The molecule has 0 bridgehead atoms. The van der Waals surface area contributed by atoms with Gasteiger partial charge in [0.05, 0.1) is 0 Å². The summed E-state index contributed by atoms with van der Waals surface area (Å²) in [6, 6.07) is 8.26. The molecule has 0 amide bonds. The van der Waals surface area contributed by atoms with Crippen LogP contribution in [0.5, 0.6) is 0 Å². The Kier molecular flexibility index (Phi) is 3.04. The molecule has 2 heteroatoms. The Morgan fingerprint density at radius 3 is 2.64 bits per heavy atom. The van der Waals surface area contributed by atoms with Crippen molar-refractivity contribution >= 4 is 5.69 Å². The van der Waals surface area contributed by atoms with Crippen LogP contribution in [0.2, 0.25) is 0 Å². The Morgan fingerprint density at radius 1 is 1.07 bits per heavy atom. The van der Waals surface area contributed by atoms with Gasteiger partial charge in [-0.15, -0.1) is 0 Å². The first-order valence-electron chi connectivity index (χ1n) is 5.29. The number of benzene rings is 1. The summed E-state index contributed by atoms with van der Waals surface area (Å²) in [6.07, 6.45) is 3.56. The second kappa shape index (κ2) is 4.47. The lowest BCUT2D eigenvalue weighted by atomic mass is 9.92. The van der Waals surface area contributed by atoms with Crippen molar-refractivity contribution < 1.29 is 4.74 Å². The van der Waals surface area contributed by atoms with Crippen LogP contribution in [0.4, 0.5) is 5.69 Å². The van der Waals surface area contributed by atoms with Gasteiger partial charge in [-0.3, -0.25) is 0 Å². The minimum Gasteiger partial charge on any atom is -0.399 e. The molecule has 1 saturated heterocycles. The van der Waals surface area contributed by atoms with E-state index in [-0.39, 0.29) is 0 Å². The van der Waals surface area contributed by atoms with E-state index in [0.717, 1.165) is 25.3 Å². The third-order valence-electron chi connectivity index (χ3n) is 2.86. The summed E-state index contributed by atoms with van der Waals surface area (Å²) in [7, 11) is 0. The van der Waals surface area contributed by atoms with Gasteiger partial charge in [-0.05, 0) is 42.9 Å². The van der Waals surface area contributed by atoms with Gasteiger partial charge < -0.3 is 10.5 Å². The largest absolute Gasteiger partial charge is 0.399 e. The van der Waals surface area contributed by atoms with Crippen LogP contribution >= 0.6 is 0 Å². The normalized spacial score (nSPS) is 23.0. The van der Waals surface area contributed by atoms with Gasteiger partial charge in [-0.2, -0.15) is 0 Å². The molecule has 1 aliphatic heterocycles. The highest BCUT2D eigenvalue weighted by Crippen LogP contribution is 2.27. The van der Waals surface area contributed by atoms with Crippen molar-refractivity contribution in [1.82, 2.24) is 0 Å². The van der Waals surface area contributed by atoms with Crippen molar-refractivity contribution in [2.45, 2.75) is 25.2 Å². The molecule has 0 spiro atoms. The topological polar surface area (TPSA) is 35.2 Å². The molecule has 0 aromatic heterocycles. The van der Waals surface area contributed by atoms with E-state index < -0.39 is 0 Å². The molecule has 1 aromatic rings. The molecule has 0 radical (unpaired) electrons. The molecule has 2 rings (SSSR count). The van der Waals surface area contributed by atoms with Gasteiger partial charge in [0.1, 0.15) is 0 Å². The first-order valence-corrected chi connectivity index (χ1v) is 5.29. The van der Waals surface area contributed by atoms with Gasteiger partial charge in [-0.25, -0.2) is 0 Å².